The first kappa shape index (κ1) is 20.3. The number of carbonyl (C=O) groups excluding carboxylic acids is 1. The summed E-state index contributed by atoms with van der Waals surface area (Å²) in [5, 5.41) is 7.11. The summed E-state index contributed by atoms with van der Waals surface area (Å²) in [7, 11) is 0. The van der Waals surface area contributed by atoms with Gasteiger partial charge >= 0.3 is 0 Å². The van der Waals surface area contributed by atoms with Crippen LogP contribution < -0.4 is 16.2 Å². The predicted molar refractivity (Wildman–Crippen MR) is 111 cm³/mol. The van der Waals surface area contributed by atoms with Crippen LogP contribution in [0.5, 0.6) is 0 Å². The fourth-order valence-electron chi connectivity index (χ4n) is 4.03. The third-order valence-electron chi connectivity index (χ3n) is 5.56. The number of halogens is 1. The Kier molecular flexibility index (Phi) is 6.89. The third kappa shape index (κ3) is 4.52. The van der Waals surface area contributed by atoms with Gasteiger partial charge in [0.15, 0.2) is 0 Å². The molecule has 2 aliphatic rings. The van der Waals surface area contributed by atoms with Gasteiger partial charge in [0, 0.05) is 24.4 Å². The highest BCUT2D eigenvalue weighted by Gasteiger charge is 2.20. The van der Waals surface area contributed by atoms with Crippen molar-refractivity contribution in [2.45, 2.75) is 51.5 Å². The zero-order valence-corrected chi connectivity index (χ0v) is 17.1. The Morgan fingerprint density at radius 1 is 1.37 bits per heavy atom. The average molecular weight is 411 g/mol. The fraction of sp³-hybridized carbons (Fsp3) is 0.632. The van der Waals surface area contributed by atoms with E-state index >= 15 is 0 Å². The Balaban J connectivity index is 0.00000210. The van der Waals surface area contributed by atoms with Crippen molar-refractivity contribution in [2.75, 3.05) is 19.6 Å². The van der Waals surface area contributed by atoms with Gasteiger partial charge in [0.25, 0.3) is 5.56 Å². The Morgan fingerprint density at radius 2 is 2.22 bits per heavy atom. The van der Waals surface area contributed by atoms with Crippen LogP contribution in [0.15, 0.2) is 11.1 Å². The first-order valence-electron chi connectivity index (χ1n) is 9.69. The lowest BCUT2D eigenvalue weighted by Gasteiger charge is -2.11. The monoisotopic (exact) mass is 410 g/mol. The van der Waals surface area contributed by atoms with E-state index in [-0.39, 0.29) is 23.9 Å². The molecule has 0 spiro atoms. The van der Waals surface area contributed by atoms with Crippen molar-refractivity contribution >= 4 is 39.9 Å². The van der Waals surface area contributed by atoms with Crippen LogP contribution in [-0.2, 0) is 24.2 Å². The minimum atomic E-state index is 0. The minimum absolute atomic E-state index is 0. The topological polar surface area (TPSA) is 76.0 Å². The highest BCUT2D eigenvalue weighted by molar-refractivity contribution is 7.18. The summed E-state index contributed by atoms with van der Waals surface area (Å²) in [4.78, 5) is 31.6. The molecule has 2 aromatic heterocycles. The number of hydrogen-bond acceptors (Lipinski definition) is 5. The smallest absolute Gasteiger partial charge is 0.262 e. The van der Waals surface area contributed by atoms with Gasteiger partial charge in [-0.1, -0.05) is 0 Å². The first-order valence-corrected chi connectivity index (χ1v) is 10.5. The molecular formula is C19H27ClN4O2S. The molecule has 0 saturated carbocycles. The number of nitrogens with one attached hydrogen (secondary N) is 2. The zero-order chi connectivity index (χ0) is 17.9. The lowest BCUT2D eigenvalue weighted by molar-refractivity contribution is -0.121. The average Bonchev–Trinajstić information content (AvgIpc) is 3.28. The zero-order valence-electron chi connectivity index (χ0n) is 15.5. The van der Waals surface area contributed by atoms with Crippen molar-refractivity contribution in [2.24, 2.45) is 5.92 Å². The predicted octanol–water partition coefficient (Wildman–Crippen LogP) is 2.26. The van der Waals surface area contributed by atoms with E-state index in [9.17, 15) is 9.59 Å². The van der Waals surface area contributed by atoms with E-state index in [1.807, 2.05) is 0 Å². The van der Waals surface area contributed by atoms with E-state index in [4.69, 9.17) is 0 Å². The second kappa shape index (κ2) is 9.17. The van der Waals surface area contributed by atoms with E-state index in [1.165, 1.54) is 23.3 Å². The third-order valence-corrected chi connectivity index (χ3v) is 6.76. The van der Waals surface area contributed by atoms with Gasteiger partial charge in [0.1, 0.15) is 4.83 Å². The number of rotatable bonds is 6. The van der Waals surface area contributed by atoms with Crippen LogP contribution in [-0.4, -0.2) is 35.1 Å². The van der Waals surface area contributed by atoms with Crippen LogP contribution in [0.2, 0.25) is 0 Å². The van der Waals surface area contributed by atoms with Crippen molar-refractivity contribution in [3.05, 3.63) is 27.1 Å². The molecule has 0 bridgehead atoms. The minimum Gasteiger partial charge on any atom is -0.356 e. The summed E-state index contributed by atoms with van der Waals surface area (Å²) in [5.41, 5.74) is 1.22. The maximum Gasteiger partial charge on any atom is 0.262 e. The van der Waals surface area contributed by atoms with Crippen molar-refractivity contribution < 1.29 is 4.79 Å². The number of nitrogens with zero attached hydrogens (tertiary/aromatic N) is 2. The van der Waals surface area contributed by atoms with Gasteiger partial charge in [-0.3, -0.25) is 14.2 Å². The molecule has 1 aliphatic heterocycles. The van der Waals surface area contributed by atoms with Crippen molar-refractivity contribution in [3.63, 3.8) is 0 Å². The standard InChI is InChI=1S/C19H26N4O2S.ClH/c24-16(21-9-6-13-5-8-20-11-13)7-10-23-12-22-18-17(19(23)25)14-3-1-2-4-15(14)26-18;/h12-13,20H,1-11H2,(H,21,24);1H. The molecule has 0 aromatic carbocycles. The van der Waals surface area contributed by atoms with Gasteiger partial charge in [0.05, 0.1) is 11.7 Å². The number of thiophene rings is 1. The second-order valence-electron chi connectivity index (χ2n) is 7.38. The number of aryl methyl sites for hydroxylation is 3. The van der Waals surface area contributed by atoms with Gasteiger partial charge in [-0.2, -0.15) is 0 Å². The number of carbonyl (C=O) groups is 1. The van der Waals surface area contributed by atoms with E-state index in [2.05, 4.69) is 15.6 Å². The van der Waals surface area contributed by atoms with E-state index in [0.717, 1.165) is 55.5 Å². The molecule has 8 heteroatoms. The molecule has 4 rings (SSSR count). The molecule has 0 radical (unpaired) electrons. The summed E-state index contributed by atoms with van der Waals surface area (Å²) >= 11 is 1.66. The first-order chi connectivity index (χ1) is 12.7. The lowest BCUT2D eigenvalue weighted by Crippen LogP contribution is -2.29. The molecule has 148 valence electrons. The maximum absolute atomic E-state index is 12.9. The summed E-state index contributed by atoms with van der Waals surface area (Å²) in [5.74, 6) is 0.685. The van der Waals surface area contributed by atoms with Crippen LogP contribution >= 0.6 is 23.7 Å². The van der Waals surface area contributed by atoms with Crippen molar-refractivity contribution in [1.29, 1.82) is 0 Å². The highest BCUT2D eigenvalue weighted by Crippen LogP contribution is 2.33. The maximum atomic E-state index is 12.9. The Morgan fingerprint density at radius 3 is 3.04 bits per heavy atom. The Labute approximate surface area is 169 Å². The van der Waals surface area contributed by atoms with Crippen LogP contribution in [0.3, 0.4) is 0 Å². The molecule has 2 N–H and O–H groups in total. The van der Waals surface area contributed by atoms with Gasteiger partial charge < -0.3 is 10.6 Å². The van der Waals surface area contributed by atoms with E-state index < -0.39 is 0 Å². The lowest BCUT2D eigenvalue weighted by atomic mass is 9.97. The van der Waals surface area contributed by atoms with Crippen LogP contribution in [0, 0.1) is 5.92 Å². The summed E-state index contributed by atoms with van der Waals surface area (Å²) in [6.45, 7) is 3.25. The molecule has 1 aliphatic carbocycles. The van der Waals surface area contributed by atoms with Gasteiger partial charge in [-0.15, -0.1) is 23.7 Å². The van der Waals surface area contributed by atoms with Crippen molar-refractivity contribution in [3.8, 4) is 0 Å². The quantitative estimate of drug-likeness (QED) is 0.765. The normalized spacial score (nSPS) is 18.9. The van der Waals surface area contributed by atoms with Gasteiger partial charge in [0.2, 0.25) is 5.91 Å². The number of fused-ring (bicyclic) bond motifs is 3. The molecule has 1 atom stereocenters. The van der Waals surface area contributed by atoms with Crippen LogP contribution in [0.4, 0.5) is 0 Å². The molecule has 1 amide bonds. The molecule has 1 fully saturated rings. The number of hydrogen-bond donors (Lipinski definition) is 2. The summed E-state index contributed by atoms with van der Waals surface area (Å²) in [6, 6.07) is 0. The molecule has 2 aromatic rings. The molecule has 1 saturated heterocycles. The molecule has 3 heterocycles. The molecule has 6 nitrogen and oxygen atoms in total. The Hall–Kier alpha value is -1.44. The molecule has 1 unspecified atom stereocenters. The molecule has 27 heavy (non-hydrogen) atoms. The SMILES string of the molecule is Cl.O=C(CCn1cnc2sc3c(c2c1=O)CCCC3)NCCC1CCNC1. The van der Waals surface area contributed by atoms with Crippen LogP contribution in [0.1, 0.15) is 42.5 Å². The number of amides is 1. The van der Waals surface area contributed by atoms with E-state index in [1.54, 1.807) is 22.2 Å². The fourth-order valence-corrected chi connectivity index (χ4v) is 5.25. The highest BCUT2D eigenvalue weighted by atomic mass is 35.5. The number of aromatic nitrogens is 2. The second-order valence-corrected chi connectivity index (χ2v) is 8.47. The van der Waals surface area contributed by atoms with Crippen LogP contribution in [0.25, 0.3) is 10.2 Å². The molecular weight excluding hydrogens is 384 g/mol. The van der Waals surface area contributed by atoms with E-state index in [0.29, 0.717) is 18.9 Å². The summed E-state index contributed by atoms with van der Waals surface area (Å²) < 4.78 is 1.60. The summed E-state index contributed by atoms with van der Waals surface area (Å²) in [6.07, 6.45) is 8.53. The van der Waals surface area contributed by atoms with Gasteiger partial charge in [-0.05, 0) is 63.1 Å². The van der Waals surface area contributed by atoms with Crippen molar-refractivity contribution in [1.82, 2.24) is 20.2 Å². The van der Waals surface area contributed by atoms with Gasteiger partial charge in [-0.25, -0.2) is 4.98 Å². The Bertz CT molecular complexity index is 857. The largest absolute Gasteiger partial charge is 0.356 e.